The fraction of sp³-hybridized carbons (Fsp3) is 0.273. The summed E-state index contributed by atoms with van der Waals surface area (Å²) in [6.45, 7) is 5.11. The number of carbonyl (C=O) groups is 1. The smallest absolute Gasteiger partial charge is 0.269 e. The van der Waals surface area contributed by atoms with E-state index in [1.165, 1.54) is 11.2 Å². The largest absolute Gasteiger partial charge is 0.457 e. The lowest BCUT2D eigenvalue weighted by atomic mass is 10.3. The highest BCUT2D eigenvalue weighted by Crippen LogP contribution is 2.30. The second-order valence-corrected chi connectivity index (χ2v) is 8.78. The number of ether oxygens (including phenoxy) is 1. The van der Waals surface area contributed by atoms with Crippen molar-refractivity contribution in [1.82, 2.24) is 10.5 Å². The second kappa shape index (κ2) is 9.65. The molecule has 0 aliphatic heterocycles. The van der Waals surface area contributed by atoms with E-state index in [1.807, 2.05) is 30.3 Å². The molecule has 1 N–H and O–H groups in total. The molecule has 31 heavy (non-hydrogen) atoms. The van der Waals surface area contributed by atoms with Crippen molar-refractivity contribution in [3.05, 3.63) is 66.1 Å². The van der Waals surface area contributed by atoms with E-state index in [9.17, 15) is 13.2 Å². The van der Waals surface area contributed by atoms with Crippen LogP contribution in [0.25, 0.3) is 0 Å². The highest BCUT2D eigenvalue weighted by Gasteiger charge is 2.31. The Balaban J connectivity index is 1.87. The van der Waals surface area contributed by atoms with Gasteiger partial charge in [-0.25, -0.2) is 8.42 Å². The maximum absolute atomic E-state index is 13.4. The topological polar surface area (TPSA) is 102 Å². The van der Waals surface area contributed by atoms with Crippen molar-refractivity contribution in [3.63, 3.8) is 0 Å². The second-order valence-electron chi connectivity index (χ2n) is 6.98. The summed E-state index contributed by atoms with van der Waals surface area (Å²) in [4.78, 5) is 11.2. The van der Waals surface area contributed by atoms with Crippen molar-refractivity contribution >= 4 is 21.6 Å². The van der Waals surface area contributed by atoms with Crippen LogP contribution in [0.15, 0.2) is 64.0 Å². The first-order valence-corrected chi connectivity index (χ1v) is 11.3. The third-order valence-corrected chi connectivity index (χ3v) is 6.60. The number of sulfonamides is 1. The average molecular weight is 444 g/mol. The molecule has 0 aliphatic carbocycles. The standard InChI is InChI=1S/C22H25N3O5S/c1-16-22(17(2)30-24-16)31(27,28)25(15-7-14-23-18(3)26)19-10-12-21(13-11-19)29-20-8-5-4-6-9-20/h4-6,8-13H,7,14-15H2,1-3H3,(H,23,26). The van der Waals surface area contributed by atoms with Crippen LogP contribution in [-0.2, 0) is 14.8 Å². The Labute approximate surface area is 181 Å². The van der Waals surface area contributed by atoms with E-state index in [1.54, 1.807) is 38.1 Å². The van der Waals surface area contributed by atoms with Gasteiger partial charge in [0.2, 0.25) is 5.91 Å². The molecule has 0 atom stereocenters. The number of anilines is 1. The summed E-state index contributed by atoms with van der Waals surface area (Å²) < 4.78 is 39.1. The number of nitrogens with zero attached hydrogens (tertiary/aromatic N) is 2. The summed E-state index contributed by atoms with van der Waals surface area (Å²) in [5, 5.41) is 6.47. The number of aromatic nitrogens is 1. The first-order chi connectivity index (χ1) is 14.8. The zero-order valence-corrected chi connectivity index (χ0v) is 18.5. The molecule has 0 fully saturated rings. The zero-order valence-electron chi connectivity index (χ0n) is 17.7. The molecule has 1 amide bonds. The molecule has 3 aromatic rings. The highest BCUT2D eigenvalue weighted by molar-refractivity contribution is 7.93. The fourth-order valence-corrected chi connectivity index (χ4v) is 4.93. The molecule has 0 unspecified atom stereocenters. The van der Waals surface area contributed by atoms with Crippen LogP contribution < -0.4 is 14.4 Å². The van der Waals surface area contributed by atoms with Gasteiger partial charge < -0.3 is 14.6 Å². The Morgan fingerprint density at radius 1 is 1.06 bits per heavy atom. The number of aryl methyl sites for hydroxylation is 2. The van der Waals surface area contributed by atoms with E-state index < -0.39 is 10.0 Å². The van der Waals surface area contributed by atoms with E-state index >= 15 is 0 Å². The summed E-state index contributed by atoms with van der Waals surface area (Å²) >= 11 is 0. The third-order valence-electron chi connectivity index (χ3n) is 4.53. The predicted octanol–water partition coefficient (Wildman–Crippen LogP) is 3.81. The summed E-state index contributed by atoms with van der Waals surface area (Å²) in [5.41, 5.74) is 0.775. The Kier molecular flexibility index (Phi) is 6.96. The van der Waals surface area contributed by atoms with Crippen molar-refractivity contribution in [2.24, 2.45) is 0 Å². The Bertz CT molecular complexity index is 1110. The molecule has 0 saturated heterocycles. The fourth-order valence-electron chi connectivity index (χ4n) is 3.13. The lowest BCUT2D eigenvalue weighted by Gasteiger charge is -2.24. The van der Waals surface area contributed by atoms with Crippen LogP contribution in [0.2, 0.25) is 0 Å². The van der Waals surface area contributed by atoms with Crippen molar-refractivity contribution in [3.8, 4) is 11.5 Å². The van der Waals surface area contributed by atoms with Gasteiger partial charge in [0.1, 0.15) is 17.2 Å². The molecular formula is C22H25N3O5S. The lowest BCUT2D eigenvalue weighted by Crippen LogP contribution is -2.34. The molecule has 9 heteroatoms. The average Bonchev–Trinajstić information content (AvgIpc) is 3.08. The number of rotatable bonds is 9. The summed E-state index contributed by atoms with van der Waals surface area (Å²) in [6.07, 6.45) is 0.435. The van der Waals surface area contributed by atoms with Gasteiger partial charge in [-0.1, -0.05) is 23.4 Å². The van der Waals surface area contributed by atoms with Crippen molar-refractivity contribution < 1.29 is 22.5 Å². The van der Waals surface area contributed by atoms with Gasteiger partial charge in [-0.2, -0.15) is 0 Å². The van der Waals surface area contributed by atoms with Gasteiger partial charge in [0.05, 0.1) is 5.69 Å². The van der Waals surface area contributed by atoms with Crippen molar-refractivity contribution in [2.45, 2.75) is 32.1 Å². The van der Waals surface area contributed by atoms with E-state index in [0.29, 0.717) is 35.8 Å². The number of amides is 1. The van der Waals surface area contributed by atoms with Gasteiger partial charge in [-0.05, 0) is 56.7 Å². The van der Waals surface area contributed by atoms with E-state index in [4.69, 9.17) is 9.26 Å². The summed E-state index contributed by atoms with van der Waals surface area (Å²) in [5.74, 6) is 1.34. The quantitative estimate of drug-likeness (QED) is 0.505. The Morgan fingerprint density at radius 3 is 2.29 bits per heavy atom. The first-order valence-electron chi connectivity index (χ1n) is 9.82. The van der Waals surface area contributed by atoms with Crippen LogP contribution in [0.1, 0.15) is 24.8 Å². The Hall–Kier alpha value is -3.33. The molecular weight excluding hydrogens is 418 g/mol. The highest BCUT2D eigenvalue weighted by atomic mass is 32.2. The van der Waals surface area contributed by atoms with Gasteiger partial charge >= 0.3 is 0 Å². The van der Waals surface area contributed by atoms with Gasteiger partial charge in [0.25, 0.3) is 10.0 Å². The molecule has 3 rings (SSSR count). The summed E-state index contributed by atoms with van der Waals surface area (Å²) in [7, 11) is -3.92. The summed E-state index contributed by atoms with van der Waals surface area (Å²) in [6, 6.07) is 16.1. The molecule has 0 aliphatic rings. The van der Waals surface area contributed by atoms with E-state index in [-0.39, 0.29) is 23.1 Å². The number of benzene rings is 2. The number of carbonyl (C=O) groups excluding carboxylic acids is 1. The lowest BCUT2D eigenvalue weighted by molar-refractivity contribution is -0.118. The molecule has 0 saturated carbocycles. The van der Waals surface area contributed by atoms with Gasteiger partial charge in [-0.3, -0.25) is 9.10 Å². The van der Waals surface area contributed by atoms with Crippen LogP contribution in [0, 0.1) is 13.8 Å². The van der Waals surface area contributed by atoms with Gasteiger partial charge in [0, 0.05) is 20.0 Å². The normalized spacial score (nSPS) is 11.2. The molecule has 1 heterocycles. The first kappa shape index (κ1) is 22.4. The minimum atomic E-state index is -3.92. The third kappa shape index (κ3) is 5.43. The minimum Gasteiger partial charge on any atom is -0.457 e. The number of hydrogen-bond acceptors (Lipinski definition) is 6. The van der Waals surface area contributed by atoms with Crippen LogP contribution in [-0.4, -0.2) is 32.6 Å². The minimum absolute atomic E-state index is 0.0524. The molecule has 0 bridgehead atoms. The SMILES string of the molecule is CC(=O)NCCCN(c1ccc(Oc2ccccc2)cc1)S(=O)(=O)c1c(C)noc1C. The van der Waals surface area contributed by atoms with Crippen molar-refractivity contribution in [2.75, 3.05) is 17.4 Å². The van der Waals surface area contributed by atoms with E-state index in [0.717, 1.165) is 0 Å². The molecule has 8 nitrogen and oxygen atoms in total. The Morgan fingerprint density at radius 2 is 1.71 bits per heavy atom. The molecule has 0 spiro atoms. The monoisotopic (exact) mass is 443 g/mol. The zero-order chi connectivity index (χ0) is 22.4. The van der Waals surface area contributed by atoms with Crippen molar-refractivity contribution in [1.29, 1.82) is 0 Å². The molecule has 2 aromatic carbocycles. The van der Waals surface area contributed by atoms with Crippen LogP contribution in [0.5, 0.6) is 11.5 Å². The van der Waals surface area contributed by atoms with Crippen LogP contribution >= 0.6 is 0 Å². The van der Waals surface area contributed by atoms with E-state index in [2.05, 4.69) is 10.5 Å². The van der Waals surface area contributed by atoms with Crippen LogP contribution in [0.4, 0.5) is 5.69 Å². The molecule has 164 valence electrons. The molecule has 1 aromatic heterocycles. The number of para-hydroxylation sites is 1. The number of hydrogen-bond donors (Lipinski definition) is 1. The van der Waals surface area contributed by atoms with Crippen LogP contribution in [0.3, 0.4) is 0 Å². The maximum atomic E-state index is 13.4. The van der Waals surface area contributed by atoms with Gasteiger partial charge in [-0.15, -0.1) is 0 Å². The predicted molar refractivity (Wildman–Crippen MR) is 117 cm³/mol. The number of nitrogens with one attached hydrogen (secondary N) is 1. The maximum Gasteiger partial charge on any atom is 0.269 e. The van der Waals surface area contributed by atoms with Gasteiger partial charge in [0.15, 0.2) is 10.7 Å². The molecule has 0 radical (unpaired) electrons.